The molecule has 0 saturated heterocycles. The fourth-order valence-corrected chi connectivity index (χ4v) is 7.41. The predicted molar refractivity (Wildman–Crippen MR) is 84.0 cm³/mol. The number of nitrogens with one attached hydrogen (secondary N) is 1. The maximum Gasteiger partial charge on any atom is 0.385 e. The van der Waals surface area contributed by atoms with Crippen LogP contribution in [0.1, 0.15) is 41.5 Å². The standard InChI is InChI=1S/C13H31NO2Si2/c1-7-17(8-2,9-3)14-13(15)16-18(10-4,11-5)12-6/h7-12H2,1-6H3,(H,14,15). The smallest absolute Gasteiger partial charge is 0.385 e. The first kappa shape index (κ1) is 17.7. The number of carbonyl (C=O) groups excluding carboxylic acids is 1. The van der Waals surface area contributed by atoms with E-state index in [2.05, 4.69) is 46.5 Å². The monoisotopic (exact) mass is 289 g/mol. The van der Waals surface area contributed by atoms with Crippen LogP contribution in [0.3, 0.4) is 0 Å². The zero-order valence-electron chi connectivity index (χ0n) is 13.1. The average Bonchev–Trinajstić information content (AvgIpc) is 2.42. The molecule has 3 nitrogen and oxygen atoms in total. The molecule has 0 bridgehead atoms. The Bertz CT molecular complexity index is 211. The van der Waals surface area contributed by atoms with Crippen LogP contribution in [0.5, 0.6) is 0 Å². The van der Waals surface area contributed by atoms with Crippen LogP contribution in [-0.4, -0.2) is 22.6 Å². The third-order valence-electron chi connectivity index (χ3n) is 4.64. The summed E-state index contributed by atoms with van der Waals surface area (Å²) in [5.41, 5.74) is 0. The molecule has 0 aliphatic rings. The first-order valence-electron chi connectivity index (χ1n) is 7.48. The van der Waals surface area contributed by atoms with E-state index in [1.165, 1.54) is 0 Å². The molecule has 0 spiro atoms. The van der Waals surface area contributed by atoms with Gasteiger partial charge in [0.05, 0.1) is 0 Å². The predicted octanol–water partition coefficient (Wildman–Crippen LogP) is 4.72. The van der Waals surface area contributed by atoms with Gasteiger partial charge in [-0.3, -0.25) is 0 Å². The lowest BCUT2D eigenvalue weighted by molar-refractivity contribution is 0.202. The van der Waals surface area contributed by atoms with Crippen LogP contribution >= 0.6 is 0 Å². The van der Waals surface area contributed by atoms with Crippen LogP contribution in [0, 0.1) is 0 Å². The molecule has 0 aliphatic carbocycles. The number of rotatable bonds is 8. The van der Waals surface area contributed by atoms with E-state index in [9.17, 15) is 4.79 Å². The molecule has 1 amide bonds. The molecule has 0 radical (unpaired) electrons. The van der Waals surface area contributed by atoms with Crippen LogP contribution in [0.15, 0.2) is 0 Å². The fourth-order valence-electron chi connectivity index (χ4n) is 2.42. The summed E-state index contributed by atoms with van der Waals surface area (Å²) in [6.07, 6.45) is -0.135. The molecular formula is C13H31NO2Si2. The average molecular weight is 290 g/mol. The van der Waals surface area contributed by atoms with Crippen LogP contribution < -0.4 is 4.98 Å². The van der Waals surface area contributed by atoms with E-state index in [0.29, 0.717) is 0 Å². The van der Waals surface area contributed by atoms with Gasteiger partial charge in [-0.1, -0.05) is 41.5 Å². The van der Waals surface area contributed by atoms with Gasteiger partial charge in [-0.05, 0) is 36.3 Å². The lowest BCUT2D eigenvalue weighted by atomic mass is 10.9. The zero-order chi connectivity index (χ0) is 14.2. The third kappa shape index (κ3) is 4.42. The molecule has 18 heavy (non-hydrogen) atoms. The van der Waals surface area contributed by atoms with E-state index in [4.69, 9.17) is 4.43 Å². The highest BCUT2D eigenvalue weighted by Gasteiger charge is 2.36. The van der Waals surface area contributed by atoms with E-state index in [-0.39, 0.29) is 6.09 Å². The van der Waals surface area contributed by atoms with Gasteiger partial charge in [-0.2, -0.15) is 0 Å². The van der Waals surface area contributed by atoms with E-state index in [0.717, 1.165) is 36.3 Å². The Morgan fingerprint density at radius 2 is 1.22 bits per heavy atom. The first-order valence-corrected chi connectivity index (χ1v) is 12.6. The molecule has 0 aromatic heterocycles. The molecule has 0 rings (SSSR count). The van der Waals surface area contributed by atoms with E-state index in [1.807, 2.05) is 0 Å². The van der Waals surface area contributed by atoms with Crippen molar-refractivity contribution >= 4 is 22.6 Å². The van der Waals surface area contributed by atoms with E-state index < -0.39 is 16.6 Å². The minimum atomic E-state index is -1.81. The summed E-state index contributed by atoms with van der Waals surface area (Å²) in [7, 11) is -3.43. The molecule has 0 unspecified atom stereocenters. The van der Waals surface area contributed by atoms with Gasteiger partial charge in [0.2, 0.25) is 0 Å². The second kappa shape index (κ2) is 7.99. The van der Waals surface area contributed by atoms with Crippen molar-refractivity contribution in [3.63, 3.8) is 0 Å². The van der Waals surface area contributed by atoms with Crippen molar-refractivity contribution < 1.29 is 9.22 Å². The Morgan fingerprint density at radius 1 is 0.833 bits per heavy atom. The van der Waals surface area contributed by atoms with Crippen LogP contribution in [0.2, 0.25) is 36.3 Å². The van der Waals surface area contributed by atoms with Crippen molar-refractivity contribution in [3.05, 3.63) is 0 Å². The zero-order valence-corrected chi connectivity index (χ0v) is 15.1. The normalized spacial score (nSPS) is 12.3. The van der Waals surface area contributed by atoms with Crippen molar-refractivity contribution in [2.24, 2.45) is 0 Å². The Morgan fingerprint density at radius 3 is 1.50 bits per heavy atom. The lowest BCUT2D eigenvalue weighted by Crippen LogP contribution is -2.54. The molecule has 108 valence electrons. The minimum Gasteiger partial charge on any atom is -0.504 e. The molecule has 0 aromatic carbocycles. The summed E-state index contributed by atoms with van der Waals surface area (Å²) in [6.45, 7) is 13.0. The van der Waals surface area contributed by atoms with Gasteiger partial charge in [0.25, 0.3) is 8.32 Å². The minimum absolute atomic E-state index is 0.135. The quantitative estimate of drug-likeness (QED) is 0.656. The van der Waals surface area contributed by atoms with Gasteiger partial charge >= 0.3 is 6.09 Å². The first-order chi connectivity index (χ1) is 8.46. The summed E-state index contributed by atoms with van der Waals surface area (Å²) in [6, 6.07) is 6.33. The Labute approximate surface area is 115 Å². The van der Waals surface area contributed by atoms with Crippen molar-refractivity contribution in [2.45, 2.75) is 77.8 Å². The molecule has 1 N–H and O–H groups in total. The SMILES string of the molecule is CC[Si](CC)(CC)NC(=O)O[Si](CC)(CC)CC. The van der Waals surface area contributed by atoms with Crippen molar-refractivity contribution in [3.8, 4) is 0 Å². The summed E-state index contributed by atoms with van der Waals surface area (Å²) >= 11 is 0. The van der Waals surface area contributed by atoms with Gasteiger partial charge < -0.3 is 9.41 Å². The van der Waals surface area contributed by atoms with Crippen LogP contribution in [0.25, 0.3) is 0 Å². The second-order valence-electron chi connectivity index (χ2n) is 5.10. The number of hydrogen-bond donors (Lipinski definition) is 1. The van der Waals surface area contributed by atoms with Gasteiger partial charge in [0.1, 0.15) is 0 Å². The van der Waals surface area contributed by atoms with E-state index >= 15 is 0 Å². The summed E-state index contributed by atoms with van der Waals surface area (Å²) < 4.78 is 5.87. The Hall–Kier alpha value is -0.296. The van der Waals surface area contributed by atoms with Crippen molar-refractivity contribution in [2.75, 3.05) is 0 Å². The lowest BCUT2D eigenvalue weighted by Gasteiger charge is -2.33. The largest absolute Gasteiger partial charge is 0.504 e. The maximum absolute atomic E-state index is 12.2. The maximum atomic E-state index is 12.2. The van der Waals surface area contributed by atoms with E-state index in [1.54, 1.807) is 0 Å². The van der Waals surface area contributed by atoms with Gasteiger partial charge in [0, 0.05) is 0 Å². The molecule has 0 fully saturated rings. The molecule has 0 heterocycles. The summed E-state index contributed by atoms with van der Waals surface area (Å²) in [5.74, 6) is 0. The Kier molecular flexibility index (Phi) is 7.86. The van der Waals surface area contributed by atoms with Crippen LogP contribution in [-0.2, 0) is 4.43 Å². The highest BCUT2D eigenvalue weighted by molar-refractivity contribution is 6.80. The second-order valence-corrected chi connectivity index (χ2v) is 14.7. The Balaban J connectivity index is 4.67. The number of amides is 1. The number of carbonyl (C=O) groups is 1. The molecule has 0 aliphatic heterocycles. The molecule has 0 saturated carbocycles. The molecule has 0 aromatic rings. The summed E-state index contributed by atoms with van der Waals surface area (Å²) in [4.78, 5) is 15.4. The van der Waals surface area contributed by atoms with Crippen molar-refractivity contribution in [1.82, 2.24) is 4.98 Å². The summed E-state index contributed by atoms with van der Waals surface area (Å²) in [5, 5.41) is 0. The van der Waals surface area contributed by atoms with Crippen molar-refractivity contribution in [1.29, 1.82) is 0 Å². The highest BCUT2D eigenvalue weighted by atomic mass is 28.4. The van der Waals surface area contributed by atoms with Gasteiger partial charge in [-0.25, -0.2) is 4.79 Å². The van der Waals surface area contributed by atoms with Crippen LogP contribution in [0.4, 0.5) is 4.79 Å². The topological polar surface area (TPSA) is 38.3 Å². The highest BCUT2D eigenvalue weighted by Crippen LogP contribution is 2.23. The molecular weight excluding hydrogens is 258 g/mol. The molecule has 0 atom stereocenters. The number of hydrogen-bond acceptors (Lipinski definition) is 2. The van der Waals surface area contributed by atoms with Gasteiger partial charge in [0.15, 0.2) is 8.24 Å². The fraction of sp³-hybridized carbons (Fsp3) is 0.923. The molecule has 5 heteroatoms. The van der Waals surface area contributed by atoms with Gasteiger partial charge in [-0.15, -0.1) is 0 Å². The third-order valence-corrected chi connectivity index (χ3v) is 13.9.